The van der Waals surface area contributed by atoms with Gasteiger partial charge in [0.1, 0.15) is 11.5 Å². The number of rotatable bonds is 3. The van der Waals surface area contributed by atoms with Gasteiger partial charge in [-0.1, -0.05) is 129 Å². The van der Waals surface area contributed by atoms with Crippen molar-refractivity contribution in [2.24, 2.45) is 0 Å². The standard InChI is InChI=1S/C49H33NO/c1-49(2)41-19-8-6-15-38(41)47-34(16-11-20-42(47)49)31-23-26-45-40(29-31)37-18-10-17-36-33(24-27-46(51-45)48(36)37)30-22-25-44-39(28-30)35-14-7-9-21-43(35)50(44)32-12-4-3-5-13-32/h3-29H,1-2H3. The fourth-order valence-electron chi connectivity index (χ4n) is 9.04. The van der Waals surface area contributed by atoms with Gasteiger partial charge in [-0.05, 0) is 104 Å². The van der Waals surface area contributed by atoms with Crippen LogP contribution in [0.3, 0.4) is 0 Å². The van der Waals surface area contributed by atoms with Crippen molar-refractivity contribution in [3.8, 4) is 61.7 Å². The fraction of sp³-hybridized carbons (Fsp3) is 0.0612. The molecule has 2 heterocycles. The van der Waals surface area contributed by atoms with Crippen LogP contribution in [0.2, 0.25) is 0 Å². The summed E-state index contributed by atoms with van der Waals surface area (Å²) in [6.07, 6.45) is 0. The molecule has 2 heteroatoms. The second-order valence-corrected chi connectivity index (χ2v) is 14.5. The number of benzene rings is 8. The highest BCUT2D eigenvalue weighted by atomic mass is 16.5. The van der Waals surface area contributed by atoms with Gasteiger partial charge >= 0.3 is 0 Å². The predicted octanol–water partition coefficient (Wildman–Crippen LogP) is 13.3. The Bertz CT molecular complexity index is 2910. The first-order valence-corrected chi connectivity index (χ1v) is 17.8. The van der Waals surface area contributed by atoms with E-state index in [9.17, 15) is 0 Å². The van der Waals surface area contributed by atoms with Crippen LogP contribution in [-0.2, 0) is 5.41 Å². The maximum Gasteiger partial charge on any atom is 0.135 e. The summed E-state index contributed by atoms with van der Waals surface area (Å²) in [5, 5.41) is 4.86. The van der Waals surface area contributed by atoms with Gasteiger partial charge in [0.2, 0.25) is 0 Å². The van der Waals surface area contributed by atoms with Crippen LogP contribution < -0.4 is 4.74 Å². The molecule has 0 fully saturated rings. The highest BCUT2D eigenvalue weighted by molar-refractivity contribution is 6.14. The van der Waals surface area contributed by atoms with Crippen molar-refractivity contribution in [1.82, 2.24) is 4.57 Å². The molecule has 240 valence electrons. The fourth-order valence-corrected chi connectivity index (χ4v) is 9.04. The summed E-state index contributed by atoms with van der Waals surface area (Å²) >= 11 is 0. The lowest BCUT2D eigenvalue weighted by atomic mass is 9.82. The molecule has 1 aliphatic carbocycles. The number of ether oxygens (including phenoxy) is 1. The number of nitrogens with zero attached hydrogens (tertiary/aromatic N) is 1. The van der Waals surface area contributed by atoms with Crippen molar-refractivity contribution in [1.29, 1.82) is 0 Å². The molecule has 1 aliphatic heterocycles. The summed E-state index contributed by atoms with van der Waals surface area (Å²) in [7, 11) is 0. The Morgan fingerprint density at radius 2 is 1.10 bits per heavy atom. The van der Waals surface area contributed by atoms with Gasteiger partial charge in [-0.3, -0.25) is 0 Å². The molecule has 0 spiro atoms. The molecular formula is C49H33NO. The monoisotopic (exact) mass is 651 g/mol. The van der Waals surface area contributed by atoms with E-state index in [4.69, 9.17) is 4.74 Å². The summed E-state index contributed by atoms with van der Waals surface area (Å²) in [6.45, 7) is 4.69. The minimum Gasteiger partial charge on any atom is -0.456 e. The Morgan fingerprint density at radius 1 is 0.431 bits per heavy atom. The number of aromatic nitrogens is 1. The molecule has 2 aliphatic rings. The predicted molar refractivity (Wildman–Crippen MR) is 212 cm³/mol. The zero-order chi connectivity index (χ0) is 33.8. The van der Waals surface area contributed by atoms with Crippen molar-refractivity contribution in [3.63, 3.8) is 0 Å². The molecule has 11 rings (SSSR count). The van der Waals surface area contributed by atoms with Crippen LogP contribution >= 0.6 is 0 Å². The maximum atomic E-state index is 6.69. The van der Waals surface area contributed by atoms with Crippen LogP contribution in [-0.4, -0.2) is 4.57 Å². The highest BCUT2D eigenvalue weighted by Crippen LogP contribution is 2.54. The highest BCUT2D eigenvalue weighted by Gasteiger charge is 2.36. The van der Waals surface area contributed by atoms with Gasteiger partial charge < -0.3 is 9.30 Å². The third-order valence-corrected chi connectivity index (χ3v) is 11.4. The minimum atomic E-state index is -0.0420. The van der Waals surface area contributed by atoms with E-state index < -0.39 is 0 Å². The van der Waals surface area contributed by atoms with Gasteiger partial charge in [0.25, 0.3) is 0 Å². The molecule has 0 radical (unpaired) electrons. The molecule has 51 heavy (non-hydrogen) atoms. The SMILES string of the molecule is CC1(C)c2ccccc2-c2c(-c3ccc4c(c3)-c3cccc5c(-c6ccc7c(c6)c6ccccc6n7-c6ccccc6)ccc(c35)O4)cccc21. The Morgan fingerprint density at radius 3 is 2.02 bits per heavy atom. The topological polar surface area (TPSA) is 14.2 Å². The van der Waals surface area contributed by atoms with E-state index >= 15 is 0 Å². The quantitative estimate of drug-likeness (QED) is 0.185. The van der Waals surface area contributed by atoms with Crippen molar-refractivity contribution in [3.05, 3.63) is 175 Å². The minimum absolute atomic E-state index is 0.0420. The molecule has 9 aromatic rings. The van der Waals surface area contributed by atoms with Crippen LogP contribution in [0.1, 0.15) is 25.0 Å². The van der Waals surface area contributed by atoms with E-state index in [1.165, 1.54) is 83.0 Å². The molecule has 1 aromatic heterocycles. The smallest absolute Gasteiger partial charge is 0.135 e. The summed E-state index contributed by atoms with van der Waals surface area (Å²) in [5.41, 5.74) is 16.2. The van der Waals surface area contributed by atoms with Gasteiger partial charge in [-0.25, -0.2) is 0 Å². The molecule has 0 saturated heterocycles. The molecule has 0 amide bonds. The average molecular weight is 652 g/mol. The molecule has 0 bridgehead atoms. The van der Waals surface area contributed by atoms with Gasteiger partial charge in [-0.2, -0.15) is 0 Å². The molecule has 8 aromatic carbocycles. The lowest BCUT2D eigenvalue weighted by Crippen LogP contribution is -2.14. The normalized spacial score (nSPS) is 13.6. The first kappa shape index (κ1) is 28.5. The zero-order valence-electron chi connectivity index (χ0n) is 28.4. The van der Waals surface area contributed by atoms with Crippen LogP contribution in [0.25, 0.3) is 82.8 Å². The van der Waals surface area contributed by atoms with Crippen LogP contribution in [0, 0.1) is 0 Å². The summed E-state index contributed by atoms with van der Waals surface area (Å²) in [6, 6.07) is 59.8. The Hall–Kier alpha value is -6.38. The summed E-state index contributed by atoms with van der Waals surface area (Å²) in [4.78, 5) is 0. The first-order chi connectivity index (χ1) is 25.1. The molecule has 2 nitrogen and oxygen atoms in total. The van der Waals surface area contributed by atoms with E-state index in [1.807, 2.05) is 0 Å². The van der Waals surface area contributed by atoms with Crippen LogP contribution in [0.15, 0.2) is 164 Å². The van der Waals surface area contributed by atoms with Gasteiger partial charge in [0.15, 0.2) is 0 Å². The van der Waals surface area contributed by atoms with E-state index in [2.05, 4.69) is 182 Å². The van der Waals surface area contributed by atoms with Crippen molar-refractivity contribution >= 4 is 32.6 Å². The molecule has 0 N–H and O–H groups in total. The van der Waals surface area contributed by atoms with Gasteiger partial charge in [-0.15, -0.1) is 0 Å². The summed E-state index contributed by atoms with van der Waals surface area (Å²) in [5.74, 6) is 1.80. The largest absolute Gasteiger partial charge is 0.456 e. The number of para-hydroxylation sites is 2. The second kappa shape index (κ2) is 10.3. The Balaban J connectivity index is 1.08. The number of hydrogen-bond acceptors (Lipinski definition) is 1. The number of hydrogen-bond donors (Lipinski definition) is 0. The van der Waals surface area contributed by atoms with E-state index in [0.717, 1.165) is 22.4 Å². The average Bonchev–Trinajstić information content (AvgIpc) is 3.63. The van der Waals surface area contributed by atoms with Crippen molar-refractivity contribution < 1.29 is 4.74 Å². The third kappa shape index (κ3) is 3.93. The molecular weight excluding hydrogens is 619 g/mol. The third-order valence-electron chi connectivity index (χ3n) is 11.4. The maximum absolute atomic E-state index is 6.69. The Labute approximate surface area is 296 Å². The van der Waals surface area contributed by atoms with Crippen LogP contribution in [0.4, 0.5) is 0 Å². The van der Waals surface area contributed by atoms with Crippen molar-refractivity contribution in [2.75, 3.05) is 0 Å². The molecule has 0 unspecified atom stereocenters. The lowest BCUT2D eigenvalue weighted by molar-refractivity contribution is 0.487. The van der Waals surface area contributed by atoms with Crippen molar-refractivity contribution in [2.45, 2.75) is 19.3 Å². The van der Waals surface area contributed by atoms with Crippen LogP contribution in [0.5, 0.6) is 11.5 Å². The molecule has 0 saturated carbocycles. The summed E-state index contributed by atoms with van der Waals surface area (Å²) < 4.78 is 9.06. The first-order valence-electron chi connectivity index (χ1n) is 17.8. The Kier molecular flexibility index (Phi) is 5.76. The van der Waals surface area contributed by atoms with E-state index in [-0.39, 0.29) is 5.41 Å². The molecule has 0 atom stereocenters. The second-order valence-electron chi connectivity index (χ2n) is 14.5. The van der Waals surface area contributed by atoms with Gasteiger partial charge in [0.05, 0.1) is 11.0 Å². The van der Waals surface area contributed by atoms with E-state index in [0.29, 0.717) is 0 Å². The van der Waals surface area contributed by atoms with E-state index in [1.54, 1.807) is 0 Å². The van der Waals surface area contributed by atoms with Gasteiger partial charge in [0, 0.05) is 32.8 Å². The number of fused-ring (bicyclic) bond motifs is 8. The zero-order valence-corrected chi connectivity index (χ0v) is 28.4. The lowest BCUT2D eigenvalue weighted by Gasteiger charge is -2.24.